The summed E-state index contributed by atoms with van der Waals surface area (Å²) in [4.78, 5) is 42.4. The van der Waals surface area contributed by atoms with Gasteiger partial charge in [-0.25, -0.2) is 8.78 Å². The number of fused-ring (bicyclic) bond motifs is 1. The van der Waals surface area contributed by atoms with Crippen molar-refractivity contribution in [3.63, 3.8) is 0 Å². The minimum atomic E-state index is -1.14. The first-order chi connectivity index (χ1) is 14.4. The number of Topliss-reactive ketones (excluding diaryl/α,β-unsaturated/α-hetero) is 2. The van der Waals surface area contributed by atoms with Gasteiger partial charge < -0.3 is 4.90 Å². The summed E-state index contributed by atoms with van der Waals surface area (Å²) in [5, 5.41) is 0. The first-order valence-electron chi connectivity index (χ1n) is 9.83. The SMILES string of the molecule is CC(=O)N(C1=C(N2CCCCC2)C(=O)c2ccccc2C1=O)c1ccc(F)c(F)c1. The third kappa shape index (κ3) is 3.30. The molecule has 1 amide bonds. The van der Waals surface area contributed by atoms with Crippen molar-refractivity contribution < 1.29 is 23.2 Å². The quantitative estimate of drug-likeness (QED) is 0.765. The number of likely N-dealkylation sites (tertiary alicyclic amines) is 1. The van der Waals surface area contributed by atoms with Crippen LogP contribution in [0.4, 0.5) is 14.5 Å². The van der Waals surface area contributed by atoms with Crippen LogP contribution >= 0.6 is 0 Å². The van der Waals surface area contributed by atoms with Crippen molar-refractivity contribution in [2.24, 2.45) is 0 Å². The first-order valence-corrected chi connectivity index (χ1v) is 9.83. The molecule has 1 heterocycles. The van der Waals surface area contributed by atoms with Crippen LogP contribution in [0.3, 0.4) is 0 Å². The van der Waals surface area contributed by atoms with E-state index in [0.717, 1.165) is 36.3 Å². The third-order valence-electron chi connectivity index (χ3n) is 5.44. The zero-order chi connectivity index (χ0) is 21.4. The van der Waals surface area contributed by atoms with E-state index in [9.17, 15) is 23.2 Å². The molecule has 154 valence electrons. The second kappa shape index (κ2) is 7.82. The van der Waals surface area contributed by atoms with E-state index in [1.807, 2.05) is 4.90 Å². The van der Waals surface area contributed by atoms with Gasteiger partial charge in [-0.2, -0.15) is 0 Å². The van der Waals surface area contributed by atoms with Crippen LogP contribution in [-0.4, -0.2) is 35.5 Å². The first kappa shape index (κ1) is 19.9. The number of hydrogen-bond donors (Lipinski definition) is 0. The maximum Gasteiger partial charge on any atom is 0.228 e. The molecule has 0 spiro atoms. The van der Waals surface area contributed by atoms with Gasteiger partial charge in [0.15, 0.2) is 11.6 Å². The van der Waals surface area contributed by atoms with E-state index >= 15 is 0 Å². The standard InChI is InChI=1S/C23H20F2N2O3/c1-14(28)27(15-9-10-18(24)19(25)13-15)21-20(26-11-5-2-6-12-26)22(29)16-7-3-4-8-17(16)23(21)30/h3-4,7-10,13H,2,5-6,11-12H2,1H3. The summed E-state index contributed by atoms with van der Waals surface area (Å²) in [7, 11) is 0. The van der Waals surface area contributed by atoms with Gasteiger partial charge >= 0.3 is 0 Å². The predicted octanol–water partition coefficient (Wildman–Crippen LogP) is 4.09. The summed E-state index contributed by atoms with van der Waals surface area (Å²) in [6.07, 6.45) is 2.72. The molecule has 0 radical (unpaired) electrons. The number of ketones is 2. The number of piperidine rings is 1. The van der Waals surface area contributed by atoms with Crippen LogP contribution in [0.1, 0.15) is 46.9 Å². The number of nitrogens with zero attached hydrogens (tertiary/aromatic N) is 2. The smallest absolute Gasteiger partial charge is 0.228 e. The molecule has 30 heavy (non-hydrogen) atoms. The van der Waals surface area contributed by atoms with Crippen LogP contribution in [-0.2, 0) is 4.79 Å². The molecule has 0 bridgehead atoms. The summed E-state index contributed by atoms with van der Waals surface area (Å²) in [5.74, 6) is -3.63. The molecule has 0 saturated carbocycles. The van der Waals surface area contributed by atoms with Gasteiger partial charge in [-0.05, 0) is 31.4 Å². The molecule has 0 N–H and O–H groups in total. The lowest BCUT2D eigenvalue weighted by Gasteiger charge is -2.36. The molecule has 2 aromatic rings. The monoisotopic (exact) mass is 410 g/mol. The number of amides is 1. The van der Waals surface area contributed by atoms with E-state index in [0.29, 0.717) is 13.1 Å². The topological polar surface area (TPSA) is 57.7 Å². The largest absolute Gasteiger partial charge is 0.367 e. The van der Waals surface area contributed by atoms with Gasteiger partial charge in [0, 0.05) is 37.2 Å². The highest BCUT2D eigenvalue weighted by Gasteiger charge is 2.39. The molecule has 2 aliphatic rings. The van der Waals surface area contributed by atoms with Crippen LogP contribution < -0.4 is 4.90 Å². The van der Waals surface area contributed by atoms with Gasteiger partial charge in [-0.1, -0.05) is 24.3 Å². The number of benzene rings is 2. The Kier molecular flexibility index (Phi) is 5.20. The fraction of sp³-hybridized carbons (Fsp3) is 0.261. The average molecular weight is 410 g/mol. The van der Waals surface area contributed by atoms with Crippen molar-refractivity contribution in [2.75, 3.05) is 18.0 Å². The lowest BCUT2D eigenvalue weighted by Crippen LogP contribution is -2.43. The normalized spacial score (nSPS) is 16.6. The molecule has 5 nitrogen and oxygen atoms in total. The molecule has 4 rings (SSSR count). The zero-order valence-electron chi connectivity index (χ0n) is 16.5. The Morgan fingerprint density at radius 1 is 0.900 bits per heavy atom. The second-order valence-electron chi connectivity index (χ2n) is 7.40. The summed E-state index contributed by atoms with van der Waals surface area (Å²) < 4.78 is 27.4. The number of hydrogen-bond acceptors (Lipinski definition) is 4. The van der Waals surface area contributed by atoms with Crippen LogP contribution in [0.25, 0.3) is 0 Å². The Labute approximate surface area is 172 Å². The van der Waals surface area contributed by atoms with E-state index < -0.39 is 23.3 Å². The minimum absolute atomic E-state index is 0.00793. The lowest BCUT2D eigenvalue weighted by atomic mass is 9.88. The van der Waals surface area contributed by atoms with Crippen molar-refractivity contribution in [1.82, 2.24) is 4.90 Å². The molecule has 7 heteroatoms. The molecule has 0 atom stereocenters. The Balaban J connectivity index is 1.96. The number of rotatable bonds is 3. The molecule has 0 aromatic heterocycles. The minimum Gasteiger partial charge on any atom is -0.367 e. The van der Waals surface area contributed by atoms with Crippen molar-refractivity contribution >= 4 is 23.2 Å². The number of allylic oxidation sites excluding steroid dienone is 2. The van der Waals surface area contributed by atoms with Crippen LogP contribution in [0.5, 0.6) is 0 Å². The van der Waals surface area contributed by atoms with E-state index in [1.165, 1.54) is 19.1 Å². The summed E-state index contributed by atoms with van der Waals surface area (Å²) in [6.45, 7) is 2.37. The molecule has 2 aromatic carbocycles. The highest BCUT2D eigenvalue weighted by atomic mass is 19.2. The van der Waals surface area contributed by atoms with Crippen LogP contribution in [0.2, 0.25) is 0 Å². The van der Waals surface area contributed by atoms with E-state index in [-0.39, 0.29) is 34.0 Å². The molecule has 1 fully saturated rings. The predicted molar refractivity (Wildman–Crippen MR) is 107 cm³/mol. The van der Waals surface area contributed by atoms with Gasteiger partial charge in [0.25, 0.3) is 0 Å². The second-order valence-corrected chi connectivity index (χ2v) is 7.40. The Hall–Kier alpha value is -3.35. The molecule has 0 unspecified atom stereocenters. The van der Waals surface area contributed by atoms with Gasteiger partial charge in [0.1, 0.15) is 11.4 Å². The highest BCUT2D eigenvalue weighted by Crippen LogP contribution is 2.34. The van der Waals surface area contributed by atoms with Crippen LogP contribution in [0, 0.1) is 11.6 Å². The Bertz CT molecular complexity index is 1090. The fourth-order valence-corrected chi connectivity index (χ4v) is 4.06. The number of carbonyl (C=O) groups excluding carboxylic acids is 3. The van der Waals surface area contributed by atoms with Gasteiger partial charge in [-0.15, -0.1) is 0 Å². The Morgan fingerprint density at radius 2 is 1.53 bits per heavy atom. The highest BCUT2D eigenvalue weighted by molar-refractivity contribution is 6.29. The lowest BCUT2D eigenvalue weighted by molar-refractivity contribution is -0.116. The molecular formula is C23H20F2N2O3. The number of halogens is 2. The maximum absolute atomic E-state index is 13.9. The zero-order valence-corrected chi connectivity index (χ0v) is 16.5. The van der Waals surface area contributed by atoms with Crippen molar-refractivity contribution in [1.29, 1.82) is 0 Å². The van der Waals surface area contributed by atoms with E-state index in [1.54, 1.807) is 18.2 Å². The van der Waals surface area contributed by atoms with Gasteiger partial charge in [-0.3, -0.25) is 19.3 Å². The van der Waals surface area contributed by atoms with Crippen molar-refractivity contribution in [2.45, 2.75) is 26.2 Å². The van der Waals surface area contributed by atoms with E-state index in [4.69, 9.17) is 0 Å². The van der Waals surface area contributed by atoms with Crippen LogP contribution in [0.15, 0.2) is 53.9 Å². The maximum atomic E-state index is 13.9. The third-order valence-corrected chi connectivity index (χ3v) is 5.44. The molecular weight excluding hydrogens is 390 g/mol. The summed E-state index contributed by atoms with van der Waals surface area (Å²) >= 11 is 0. The molecule has 1 saturated heterocycles. The number of carbonyl (C=O) groups is 3. The Morgan fingerprint density at radius 3 is 2.13 bits per heavy atom. The van der Waals surface area contributed by atoms with Crippen molar-refractivity contribution in [3.05, 3.63) is 76.6 Å². The summed E-state index contributed by atoms with van der Waals surface area (Å²) in [5.41, 5.74) is 0.483. The number of anilines is 1. The molecule has 1 aliphatic heterocycles. The average Bonchev–Trinajstić information content (AvgIpc) is 2.75. The fourth-order valence-electron chi connectivity index (χ4n) is 4.06. The van der Waals surface area contributed by atoms with Gasteiger partial charge in [0.05, 0.1) is 5.69 Å². The van der Waals surface area contributed by atoms with Gasteiger partial charge in [0.2, 0.25) is 17.5 Å². The van der Waals surface area contributed by atoms with E-state index in [2.05, 4.69) is 0 Å². The van der Waals surface area contributed by atoms with Crippen molar-refractivity contribution in [3.8, 4) is 0 Å². The summed E-state index contributed by atoms with van der Waals surface area (Å²) in [6, 6.07) is 9.42. The molecule has 1 aliphatic carbocycles.